The van der Waals surface area contributed by atoms with Crippen LogP contribution in [0.15, 0.2) is 30.4 Å². The Labute approximate surface area is 144 Å². The molecule has 1 aliphatic carbocycles. The van der Waals surface area contributed by atoms with Crippen molar-refractivity contribution in [3.05, 3.63) is 30.4 Å². The van der Waals surface area contributed by atoms with Crippen LogP contribution in [0.4, 0.5) is 0 Å². The van der Waals surface area contributed by atoms with E-state index in [0.717, 1.165) is 0 Å². The lowest BCUT2D eigenvalue weighted by atomic mass is 9.85. The van der Waals surface area contributed by atoms with Crippen molar-refractivity contribution in [3.63, 3.8) is 0 Å². The first-order chi connectivity index (χ1) is 12.1. The molecule has 7 nitrogen and oxygen atoms in total. The van der Waals surface area contributed by atoms with E-state index in [2.05, 4.69) is 0 Å². The first-order valence-electron chi connectivity index (χ1n) is 8.24. The maximum atomic E-state index is 12.3. The Morgan fingerprint density at radius 1 is 1.08 bits per heavy atom. The van der Waals surface area contributed by atoms with Crippen LogP contribution in [0, 0.1) is 11.8 Å². The Bertz CT molecular complexity index is 745. The Morgan fingerprint density at radius 3 is 2.48 bits per heavy atom. The van der Waals surface area contributed by atoms with E-state index in [0.29, 0.717) is 30.1 Å². The average Bonchev–Trinajstić information content (AvgIpc) is 3.17. The van der Waals surface area contributed by atoms with Crippen molar-refractivity contribution in [2.24, 2.45) is 11.8 Å². The van der Waals surface area contributed by atoms with Crippen molar-refractivity contribution in [2.45, 2.75) is 19.3 Å². The summed E-state index contributed by atoms with van der Waals surface area (Å²) in [5.41, 5.74) is 0. The topological polar surface area (TPSA) is 82.1 Å². The zero-order valence-electron chi connectivity index (χ0n) is 13.5. The lowest BCUT2D eigenvalue weighted by Crippen LogP contribution is -2.33. The van der Waals surface area contributed by atoms with E-state index in [1.165, 1.54) is 4.90 Å². The number of amides is 2. The summed E-state index contributed by atoms with van der Waals surface area (Å²) in [6, 6.07) is 4.85. The van der Waals surface area contributed by atoms with Crippen molar-refractivity contribution in [2.75, 3.05) is 13.3 Å². The Morgan fingerprint density at radius 2 is 1.76 bits per heavy atom. The first-order valence-corrected chi connectivity index (χ1v) is 8.24. The van der Waals surface area contributed by atoms with Crippen molar-refractivity contribution < 1.29 is 28.6 Å². The van der Waals surface area contributed by atoms with E-state index < -0.39 is 5.97 Å². The van der Waals surface area contributed by atoms with Crippen LogP contribution in [0.25, 0.3) is 0 Å². The molecule has 0 saturated carbocycles. The molecular weight excluding hydrogens is 326 g/mol. The van der Waals surface area contributed by atoms with Gasteiger partial charge in [-0.25, -0.2) is 0 Å². The third-order valence-corrected chi connectivity index (χ3v) is 4.71. The van der Waals surface area contributed by atoms with Crippen molar-refractivity contribution in [1.29, 1.82) is 0 Å². The number of ether oxygens (including phenoxy) is 3. The summed E-state index contributed by atoms with van der Waals surface area (Å²) < 4.78 is 15.7. The molecule has 3 aliphatic rings. The minimum atomic E-state index is -0.507. The standard InChI is InChI=1S/C18H17NO6/c20-16(25-11-5-6-14-15(9-11)24-10-23-14)7-8-19-17(21)12-3-1-2-4-13(12)18(19)22/h1-2,5-6,9,12-13H,3-4,7-8,10H2/t12-,13-/m1/s1. The lowest BCUT2D eigenvalue weighted by molar-refractivity contribution is -0.141. The van der Waals surface area contributed by atoms with Crippen LogP contribution in [-0.4, -0.2) is 36.0 Å². The van der Waals surface area contributed by atoms with E-state index in [1.807, 2.05) is 12.2 Å². The molecule has 0 aromatic heterocycles. The molecule has 1 aromatic rings. The van der Waals surface area contributed by atoms with Crippen LogP contribution in [0.2, 0.25) is 0 Å². The number of imide groups is 1. The molecule has 4 rings (SSSR count). The fourth-order valence-corrected chi connectivity index (χ4v) is 3.42. The molecule has 25 heavy (non-hydrogen) atoms. The van der Waals surface area contributed by atoms with Crippen LogP contribution < -0.4 is 14.2 Å². The first kappa shape index (κ1) is 15.7. The molecule has 1 fully saturated rings. The second-order valence-corrected chi connectivity index (χ2v) is 6.22. The number of benzene rings is 1. The van der Waals surface area contributed by atoms with Gasteiger partial charge in [-0.2, -0.15) is 0 Å². The molecule has 0 unspecified atom stereocenters. The van der Waals surface area contributed by atoms with Crippen LogP contribution in [0.5, 0.6) is 17.2 Å². The second-order valence-electron chi connectivity index (χ2n) is 6.22. The van der Waals surface area contributed by atoms with E-state index >= 15 is 0 Å². The summed E-state index contributed by atoms with van der Waals surface area (Å²) in [6.07, 6.45) is 5.01. The number of hydrogen-bond acceptors (Lipinski definition) is 6. The summed E-state index contributed by atoms with van der Waals surface area (Å²) in [4.78, 5) is 37.9. The number of carbonyl (C=O) groups is 3. The van der Waals surface area contributed by atoms with Gasteiger partial charge in [0.05, 0.1) is 18.3 Å². The predicted molar refractivity (Wildman–Crippen MR) is 84.9 cm³/mol. The molecule has 0 radical (unpaired) electrons. The zero-order chi connectivity index (χ0) is 17.4. The van der Waals surface area contributed by atoms with Crippen molar-refractivity contribution in [3.8, 4) is 17.2 Å². The van der Waals surface area contributed by atoms with E-state index in [1.54, 1.807) is 18.2 Å². The Balaban J connectivity index is 1.34. The number of carbonyl (C=O) groups excluding carboxylic acids is 3. The second kappa shape index (κ2) is 6.23. The number of likely N-dealkylation sites (tertiary alicyclic amines) is 1. The van der Waals surface area contributed by atoms with Crippen molar-refractivity contribution >= 4 is 17.8 Å². The maximum absolute atomic E-state index is 12.3. The van der Waals surface area contributed by atoms with Gasteiger partial charge in [0.1, 0.15) is 5.75 Å². The maximum Gasteiger partial charge on any atom is 0.313 e. The highest BCUT2D eigenvalue weighted by Gasteiger charge is 2.46. The van der Waals surface area contributed by atoms with Gasteiger partial charge < -0.3 is 14.2 Å². The lowest BCUT2D eigenvalue weighted by Gasteiger charge is -2.14. The molecule has 0 bridgehead atoms. The van der Waals surface area contributed by atoms with Gasteiger partial charge in [-0.1, -0.05) is 12.2 Å². The van der Waals surface area contributed by atoms with Gasteiger partial charge in [0.15, 0.2) is 11.5 Å². The number of nitrogens with zero attached hydrogens (tertiary/aromatic N) is 1. The highest BCUT2D eigenvalue weighted by molar-refractivity contribution is 6.05. The monoisotopic (exact) mass is 343 g/mol. The summed E-state index contributed by atoms with van der Waals surface area (Å²) >= 11 is 0. The molecule has 2 atom stereocenters. The highest BCUT2D eigenvalue weighted by Crippen LogP contribution is 2.36. The van der Waals surface area contributed by atoms with Crippen LogP contribution >= 0.6 is 0 Å². The SMILES string of the molecule is O=C(CCN1C(=O)[C@@H]2CC=CC[C@H]2C1=O)Oc1ccc2c(c1)OCO2. The number of esters is 1. The smallest absolute Gasteiger partial charge is 0.313 e. The average molecular weight is 343 g/mol. The minimum absolute atomic E-state index is 0.0429. The molecule has 7 heteroatoms. The van der Waals surface area contributed by atoms with Gasteiger partial charge in [-0.15, -0.1) is 0 Å². The fourth-order valence-electron chi connectivity index (χ4n) is 3.42. The van der Waals surface area contributed by atoms with E-state index in [4.69, 9.17) is 14.2 Å². The van der Waals surface area contributed by atoms with Gasteiger partial charge >= 0.3 is 5.97 Å². The fraction of sp³-hybridized carbons (Fsp3) is 0.389. The van der Waals surface area contributed by atoms with E-state index in [9.17, 15) is 14.4 Å². The summed E-state index contributed by atoms with van der Waals surface area (Å²) in [5, 5.41) is 0. The van der Waals surface area contributed by atoms with Crippen molar-refractivity contribution in [1.82, 2.24) is 4.90 Å². The molecule has 0 N–H and O–H groups in total. The van der Waals surface area contributed by atoms with Gasteiger partial charge in [0, 0.05) is 12.6 Å². The number of allylic oxidation sites excluding steroid dienone is 2. The van der Waals surface area contributed by atoms with Gasteiger partial charge in [-0.3, -0.25) is 19.3 Å². The molecular formula is C18H17NO6. The Kier molecular flexibility index (Phi) is 3.91. The van der Waals surface area contributed by atoms with Crippen LogP contribution in [0.3, 0.4) is 0 Å². The summed E-state index contributed by atoms with van der Waals surface area (Å²) in [7, 11) is 0. The normalized spacial score (nSPS) is 23.8. The predicted octanol–water partition coefficient (Wildman–Crippen LogP) is 1.66. The van der Waals surface area contributed by atoms with E-state index in [-0.39, 0.29) is 43.4 Å². The van der Waals surface area contributed by atoms with Crippen LogP contribution in [0.1, 0.15) is 19.3 Å². The molecule has 2 heterocycles. The van der Waals surface area contributed by atoms with Gasteiger partial charge in [-0.05, 0) is 25.0 Å². The molecule has 2 aliphatic heterocycles. The number of rotatable bonds is 4. The molecule has 1 aromatic carbocycles. The largest absolute Gasteiger partial charge is 0.454 e. The summed E-state index contributed by atoms with van der Waals surface area (Å²) in [6.45, 7) is 0.192. The number of fused-ring (bicyclic) bond motifs is 2. The van der Waals surface area contributed by atoms with Crippen LogP contribution in [-0.2, 0) is 14.4 Å². The molecule has 2 amide bonds. The minimum Gasteiger partial charge on any atom is -0.454 e. The van der Waals surface area contributed by atoms with Gasteiger partial charge in [0.25, 0.3) is 0 Å². The molecule has 0 spiro atoms. The third-order valence-electron chi connectivity index (χ3n) is 4.71. The molecule has 130 valence electrons. The quantitative estimate of drug-likeness (QED) is 0.358. The van der Waals surface area contributed by atoms with Gasteiger partial charge in [0.2, 0.25) is 18.6 Å². The third kappa shape index (κ3) is 2.86. The Hall–Kier alpha value is -2.83. The molecule has 1 saturated heterocycles. The zero-order valence-corrected chi connectivity index (χ0v) is 13.5. The number of hydrogen-bond donors (Lipinski definition) is 0. The highest BCUT2D eigenvalue weighted by atomic mass is 16.7. The summed E-state index contributed by atoms with van der Waals surface area (Å²) in [5.74, 6) is 0.0323.